The molecule has 2 aromatic rings. The van der Waals surface area contributed by atoms with Crippen molar-refractivity contribution >= 4 is 0 Å². The number of nitrogens with one attached hydrogen (secondary N) is 1. The van der Waals surface area contributed by atoms with Crippen molar-refractivity contribution in [3.8, 4) is 0 Å². The lowest BCUT2D eigenvalue weighted by Crippen LogP contribution is -2.45. The molecule has 0 bridgehead atoms. The van der Waals surface area contributed by atoms with Gasteiger partial charge >= 0.3 is 0 Å². The van der Waals surface area contributed by atoms with Crippen LogP contribution in [0.1, 0.15) is 36.0 Å². The predicted octanol–water partition coefficient (Wildman–Crippen LogP) is 1.43. The van der Waals surface area contributed by atoms with Gasteiger partial charge in [0.1, 0.15) is 0 Å². The third kappa shape index (κ3) is 3.89. The molecule has 21 heavy (non-hydrogen) atoms. The number of hydrogen-bond donors (Lipinski definition) is 1. The second-order valence-corrected chi connectivity index (χ2v) is 5.62. The van der Waals surface area contributed by atoms with Crippen molar-refractivity contribution in [3.05, 3.63) is 29.2 Å². The van der Waals surface area contributed by atoms with E-state index >= 15 is 0 Å². The molecule has 1 fully saturated rings. The van der Waals surface area contributed by atoms with Gasteiger partial charge in [0.05, 0.1) is 18.8 Å². The molecule has 1 atom stereocenters. The monoisotopic (exact) mass is 291 g/mol. The number of hydrogen-bond acceptors (Lipinski definition) is 7. The Kier molecular flexibility index (Phi) is 4.31. The Labute approximate surface area is 123 Å². The van der Waals surface area contributed by atoms with E-state index in [0.717, 1.165) is 43.5 Å². The molecule has 7 nitrogen and oxygen atoms in total. The minimum Gasteiger partial charge on any atom is -0.360 e. The highest BCUT2D eigenvalue weighted by Gasteiger charge is 2.21. The van der Waals surface area contributed by atoms with Gasteiger partial charge in [-0.3, -0.25) is 4.90 Å². The number of nitrogens with zero attached hydrogens (tertiary/aromatic N) is 4. The fraction of sp³-hybridized carbons (Fsp3) is 0.643. The number of likely N-dealkylation sites (tertiary alicyclic amines) is 1. The molecule has 114 valence electrons. The van der Waals surface area contributed by atoms with E-state index in [-0.39, 0.29) is 0 Å². The Morgan fingerprint density at radius 2 is 2.24 bits per heavy atom. The molecular weight excluding hydrogens is 270 g/mol. The zero-order valence-corrected chi connectivity index (χ0v) is 12.5. The van der Waals surface area contributed by atoms with Crippen molar-refractivity contribution in [3.63, 3.8) is 0 Å². The SMILES string of the molecule is Cc1cc(CN[C@H]2CCCN(Cc3noc(C)n3)C2)on1. The first-order chi connectivity index (χ1) is 10.2. The number of aryl methyl sites for hydroxylation is 2. The minimum atomic E-state index is 0.456. The van der Waals surface area contributed by atoms with Crippen LogP contribution < -0.4 is 5.32 Å². The van der Waals surface area contributed by atoms with E-state index < -0.39 is 0 Å². The summed E-state index contributed by atoms with van der Waals surface area (Å²) in [5.74, 6) is 2.27. The second kappa shape index (κ2) is 6.36. The summed E-state index contributed by atoms with van der Waals surface area (Å²) in [6.45, 7) is 7.28. The molecule has 0 saturated carbocycles. The van der Waals surface area contributed by atoms with Crippen LogP contribution in [0.4, 0.5) is 0 Å². The van der Waals surface area contributed by atoms with Gasteiger partial charge < -0.3 is 14.4 Å². The predicted molar refractivity (Wildman–Crippen MR) is 75.4 cm³/mol. The van der Waals surface area contributed by atoms with Crippen LogP contribution in [0.25, 0.3) is 0 Å². The minimum absolute atomic E-state index is 0.456. The highest BCUT2D eigenvalue weighted by Crippen LogP contribution is 2.13. The molecule has 1 aliphatic rings. The summed E-state index contributed by atoms with van der Waals surface area (Å²) >= 11 is 0. The first-order valence-corrected chi connectivity index (χ1v) is 7.36. The van der Waals surface area contributed by atoms with Gasteiger partial charge in [-0.05, 0) is 26.3 Å². The summed E-state index contributed by atoms with van der Waals surface area (Å²) in [6, 6.07) is 2.42. The van der Waals surface area contributed by atoms with Gasteiger partial charge in [-0.1, -0.05) is 10.3 Å². The molecule has 1 saturated heterocycles. The van der Waals surface area contributed by atoms with Crippen molar-refractivity contribution in [2.45, 2.75) is 45.8 Å². The van der Waals surface area contributed by atoms with E-state index in [0.29, 0.717) is 11.9 Å². The largest absolute Gasteiger partial charge is 0.360 e. The summed E-state index contributed by atoms with van der Waals surface area (Å²) in [6.07, 6.45) is 2.35. The van der Waals surface area contributed by atoms with Crippen molar-refractivity contribution < 1.29 is 9.05 Å². The molecule has 2 aromatic heterocycles. The molecule has 0 radical (unpaired) electrons. The third-order valence-electron chi connectivity index (χ3n) is 3.68. The lowest BCUT2D eigenvalue weighted by molar-refractivity contribution is 0.175. The van der Waals surface area contributed by atoms with Crippen molar-refractivity contribution in [1.29, 1.82) is 0 Å². The molecular formula is C14H21N5O2. The molecule has 7 heteroatoms. The van der Waals surface area contributed by atoms with Gasteiger partial charge in [0.2, 0.25) is 5.89 Å². The smallest absolute Gasteiger partial charge is 0.223 e. The zero-order valence-electron chi connectivity index (χ0n) is 12.5. The van der Waals surface area contributed by atoms with E-state index in [2.05, 4.69) is 25.5 Å². The fourth-order valence-corrected chi connectivity index (χ4v) is 2.72. The standard InChI is InChI=1S/C14H21N5O2/c1-10-6-13(21-17-10)7-15-12-4-3-5-19(8-12)9-14-16-11(2)20-18-14/h6,12,15H,3-5,7-9H2,1-2H3/t12-/m0/s1. The van der Waals surface area contributed by atoms with Crippen LogP contribution in [0.2, 0.25) is 0 Å². The van der Waals surface area contributed by atoms with Crippen LogP contribution in [0.5, 0.6) is 0 Å². The molecule has 0 spiro atoms. The Morgan fingerprint density at radius 3 is 2.95 bits per heavy atom. The second-order valence-electron chi connectivity index (χ2n) is 5.62. The fourth-order valence-electron chi connectivity index (χ4n) is 2.72. The number of piperidine rings is 1. The van der Waals surface area contributed by atoms with Crippen LogP contribution in [0.3, 0.4) is 0 Å². The van der Waals surface area contributed by atoms with Crippen molar-refractivity contribution in [1.82, 2.24) is 25.5 Å². The third-order valence-corrected chi connectivity index (χ3v) is 3.68. The van der Waals surface area contributed by atoms with Crippen LogP contribution in [-0.4, -0.2) is 39.3 Å². The molecule has 3 rings (SSSR count). The molecule has 1 aliphatic heterocycles. The first-order valence-electron chi connectivity index (χ1n) is 7.36. The summed E-state index contributed by atoms with van der Waals surface area (Å²) < 4.78 is 10.2. The Morgan fingerprint density at radius 1 is 1.33 bits per heavy atom. The van der Waals surface area contributed by atoms with Gasteiger partial charge in [0, 0.05) is 25.6 Å². The Hall–Kier alpha value is -1.73. The van der Waals surface area contributed by atoms with Gasteiger partial charge in [0.25, 0.3) is 0 Å². The van der Waals surface area contributed by atoms with E-state index in [9.17, 15) is 0 Å². The summed E-state index contributed by atoms with van der Waals surface area (Å²) in [5, 5.41) is 11.4. The van der Waals surface area contributed by atoms with E-state index in [1.807, 2.05) is 19.9 Å². The van der Waals surface area contributed by atoms with E-state index in [4.69, 9.17) is 9.05 Å². The number of rotatable bonds is 5. The lowest BCUT2D eigenvalue weighted by atomic mass is 10.1. The Bertz CT molecular complexity index is 579. The average molecular weight is 291 g/mol. The highest BCUT2D eigenvalue weighted by molar-refractivity contribution is 5.02. The quantitative estimate of drug-likeness (QED) is 0.892. The molecule has 1 N–H and O–H groups in total. The zero-order chi connectivity index (χ0) is 14.7. The van der Waals surface area contributed by atoms with Crippen LogP contribution in [-0.2, 0) is 13.1 Å². The van der Waals surface area contributed by atoms with Gasteiger partial charge in [-0.25, -0.2) is 0 Å². The summed E-state index contributed by atoms with van der Waals surface area (Å²) in [5.41, 5.74) is 0.921. The average Bonchev–Trinajstić information content (AvgIpc) is 3.06. The maximum Gasteiger partial charge on any atom is 0.223 e. The lowest BCUT2D eigenvalue weighted by Gasteiger charge is -2.32. The van der Waals surface area contributed by atoms with E-state index in [1.165, 1.54) is 12.8 Å². The molecule has 0 unspecified atom stereocenters. The topological polar surface area (TPSA) is 80.2 Å². The molecule has 0 amide bonds. The van der Waals surface area contributed by atoms with Gasteiger partial charge in [-0.15, -0.1) is 0 Å². The molecule has 0 aromatic carbocycles. The maximum atomic E-state index is 5.22. The maximum absolute atomic E-state index is 5.22. The number of aromatic nitrogens is 3. The van der Waals surface area contributed by atoms with Crippen LogP contribution >= 0.6 is 0 Å². The van der Waals surface area contributed by atoms with Gasteiger partial charge in [-0.2, -0.15) is 4.98 Å². The first kappa shape index (κ1) is 14.2. The van der Waals surface area contributed by atoms with E-state index in [1.54, 1.807) is 0 Å². The van der Waals surface area contributed by atoms with Gasteiger partial charge in [0.15, 0.2) is 11.6 Å². The summed E-state index contributed by atoms with van der Waals surface area (Å²) in [4.78, 5) is 6.62. The van der Waals surface area contributed by atoms with Crippen LogP contribution in [0.15, 0.2) is 15.1 Å². The van der Waals surface area contributed by atoms with Crippen LogP contribution in [0, 0.1) is 13.8 Å². The normalized spacial score (nSPS) is 20.0. The van der Waals surface area contributed by atoms with Crippen molar-refractivity contribution in [2.24, 2.45) is 0 Å². The van der Waals surface area contributed by atoms with Crippen molar-refractivity contribution in [2.75, 3.05) is 13.1 Å². The summed E-state index contributed by atoms with van der Waals surface area (Å²) in [7, 11) is 0. The Balaban J connectivity index is 1.48. The molecule has 0 aliphatic carbocycles. The highest BCUT2D eigenvalue weighted by atomic mass is 16.5. The molecule has 3 heterocycles.